The van der Waals surface area contributed by atoms with Crippen molar-refractivity contribution in [3.05, 3.63) is 64.9 Å². The van der Waals surface area contributed by atoms with Crippen LogP contribution < -0.4 is 5.32 Å². The van der Waals surface area contributed by atoms with E-state index in [0.717, 1.165) is 11.4 Å². The molecular weight excluding hydrogens is 425 g/mol. The molecule has 4 rings (SSSR count). The number of nitrogens with one attached hydrogen (secondary N) is 1. The molecule has 30 heavy (non-hydrogen) atoms. The molecule has 0 saturated heterocycles. The monoisotopic (exact) mass is 443 g/mol. The van der Waals surface area contributed by atoms with Gasteiger partial charge in [-0.15, -0.1) is 10.2 Å². The molecule has 3 aromatic heterocycles. The van der Waals surface area contributed by atoms with Crippen LogP contribution in [0, 0.1) is 26.6 Å². The number of carbonyl (C=O) groups is 1. The van der Waals surface area contributed by atoms with Gasteiger partial charge in [-0.05, 0) is 39.0 Å². The largest absolute Gasteiger partial charge is 0.360 e. The van der Waals surface area contributed by atoms with Gasteiger partial charge in [-0.3, -0.25) is 9.36 Å². The fourth-order valence-electron chi connectivity index (χ4n) is 3.06. The Balaban J connectivity index is 1.43. The van der Waals surface area contributed by atoms with Gasteiger partial charge in [0.15, 0.2) is 15.9 Å². The Morgan fingerprint density at radius 1 is 1.23 bits per heavy atom. The Morgan fingerprint density at radius 3 is 2.77 bits per heavy atom. The predicted octanol–water partition coefficient (Wildman–Crippen LogP) is 5.10. The first kappa shape index (κ1) is 20.3. The molecule has 0 aliphatic heterocycles. The van der Waals surface area contributed by atoms with E-state index in [1.165, 1.54) is 29.2 Å². The van der Waals surface area contributed by atoms with Crippen molar-refractivity contribution in [3.8, 4) is 5.82 Å². The molecular formula is C20H18FN5O2S2. The number of benzene rings is 1. The van der Waals surface area contributed by atoms with Crippen LogP contribution in [0.4, 0.5) is 15.2 Å². The minimum Gasteiger partial charge on any atom is -0.360 e. The van der Waals surface area contributed by atoms with Gasteiger partial charge in [0.25, 0.3) is 0 Å². The van der Waals surface area contributed by atoms with Crippen molar-refractivity contribution in [2.75, 3.05) is 11.1 Å². The number of para-hydroxylation sites is 1. The second-order valence-electron chi connectivity index (χ2n) is 6.61. The first-order chi connectivity index (χ1) is 14.4. The molecule has 154 valence electrons. The number of nitrogens with zero attached hydrogens (tertiary/aromatic N) is 4. The molecule has 10 heteroatoms. The Labute approximate surface area is 180 Å². The van der Waals surface area contributed by atoms with Crippen LogP contribution in [0.1, 0.15) is 27.5 Å². The number of ketones is 1. The number of rotatable bonds is 7. The quantitative estimate of drug-likeness (QED) is 0.314. The van der Waals surface area contributed by atoms with Crippen LogP contribution in [0.3, 0.4) is 0 Å². The van der Waals surface area contributed by atoms with Crippen LogP contribution in [-0.2, 0) is 0 Å². The topological polar surface area (TPSA) is 85.8 Å². The highest BCUT2D eigenvalue weighted by Gasteiger charge is 2.19. The zero-order valence-electron chi connectivity index (χ0n) is 16.5. The van der Waals surface area contributed by atoms with Crippen molar-refractivity contribution in [2.45, 2.75) is 25.1 Å². The van der Waals surface area contributed by atoms with Crippen molar-refractivity contribution < 1.29 is 13.7 Å². The van der Waals surface area contributed by atoms with E-state index in [1.54, 1.807) is 18.2 Å². The van der Waals surface area contributed by atoms with Crippen LogP contribution in [0.5, 0.6) is 0 Å². The average molecular weight is 444 g/mol. The summed E-state index contributed by atoms with van der Waals surface area (Å²) in [6, 6.07) is 10.0. The first-order valence-electron chi connectivity index (χ1n) is 9.06. The molecule has 0 atom stereocenters. The summed E-state index contributed by atoms with van der Waals surface area (Å²) in [6.45, 7) is 5.63. The van der Waals surface area contributed by atoms with Gasteiger partial charge in [0.2, 0.25) is 5.13 Å². The Kier molecular flexibility index (Phi) is 5.69. The number of aryl methyl sites for hydroxylation is 2. The van der Waals surface area contributed by atoms with Crippen molar-refractivity contribution >= 4 is 39.7 Å². The fraction of sp³-hybridized carbons (Fsp3) is 0.200. The lowest BCUT2D eigenvalue weighted by molar-refractivity contribution is 0.102. The highest BCUT2D eigenvalue weighted by atomic mass is 32.2. The summed E-state index contributed by atoms with van der Waals surface area (Å²) >= 11 is 2.57. The van der Waals surface area contributed by atoms with Crippen LogP contribution in [-0.4, -0.2) is 31.5 Å². The minimum absolute atomic E-state index is 0.0154. The molecule has 0 amide bonds. The van der Waals surface area contributed by atoms with Gasteiger partial charge in [0.1, 0.15) is 11.6 Å². The van der Waals surface area contributed by atoms with Crippen LogP contribution in [0.15, 0.2) is 45.3 Å². The Hall–Kier alpha value is -2.98. The van der Waals surface area contributed by atoms with Crippen LogP contribution >= 0.6 is 23.1 Å². The van der Waals surface area contributed by atoms with Crippen molar-refractivity contribution in [1.82, 2.24) is 19.9 Å². The van der Waals surface area contributed by atoms with Crippen LogP contribution in [0.2, 0.25) is 0 Å². The van der Waals surface area contributed by atoms with Gasteiger partial charge in [-0.2, -0.15) is 0 Å². The molecule has 0 aliphatic rings. The highest BCUT2D eigenvalue weighted by molar-refractivity contribution is 8.01. The summed E-state index contributed by atoms with van der Waals surface area (Å²) in [5, 5.41) is 15.5. The molecule has 0 fully saturated rings. The number of anilines is 2. The molecule has 1 aromatic carbocycles. The Morgan fingerprint density at radius 2 is 2.03 bits per heavy atom. The Bertz CT molecular complexity index is 1210. The number of hydrogen-bond acceptors (Lipinski definition) is 8. The van der Waals surface area contributed by atoms with E-state index in [9.17, 15) is 9.18 Å². The van der Waals surface area contributed by atoms with E-state index >= 15 is 0 Å². The predicted molar refractivity (Wildman–Crippen MR) is 115 cm³/mol. The van der Waals surface area contributed by atoms with E-state index < -0.39 is 0 Å². The molecule has 0 bridgehead atoms. The third kappa shape index (κ3) is 4.14. The number of hydrogen-bond donors (Lipinski definition) is 1. The summed E-state index contributed by atoms with van der Waals surface area (Å²) < 4.78 is 21.4. The highest BCUT2D eigenvalue weighted by Crippen LogP contribution is 2.30. The third-order valence-electron chi connectivity index (χ3n) is 4.42. The van der Waals surface area contributed by atoms with E-state index in [4.69, 9.17) is 4.52 Å². The normalized spacial score (nSPS) is 11.1. The van der Waals surface area contributed by atoms with Crippen molar-refractivity contribution in [1.29, 1.82) is 0 Å². The summed E-state index contributed by atoms with van der Waals surface area (Å²) in [5.41, 5.74) is 2.68. The lowest BCUT2D eigenvalue weighted by Gasteiger charge is -2.04. The molecule has 7 nitrogen and oxygen atoms in total. The second-order valence-corrected chi connectivity index (χ2v) is 8.81. The maximum absolute atomic E-state index is 13.8. The molecule has 3 heterocycles. The van der Waals surface area contributed by atoms with Gasteiger partial charge in [0.05, 0.1) is 11.4 Å². The van der Waals surface area contributed by atoms with Gasteiger partial charge in [-0.1, -0.05) is 40.4 Å². The number of thioether (sulfide) groups is 1. The summed E-state index contributed by atoms with van der Waals surface area (Å²) in [5.74, 6) is 1.20. The average Bonchev–Trinajstić information content (AvgIpc) is 3.41. The van der Waals surface area contributed by atoms with Crippen LogP contribution in [0.25, 0.3) is 5.82 Å². The van der Waals surface area contributed by atoms with E-state index in [1.807, 2.05) is 37.5 Å². The molecule has 4 aromatic rings. The molecule has 0 aliphatic carbocycles. The smallest absolute Gasteiger partial charge is 0.210 e. The van der Waals surface area contributed by atoms with E-state index in [2.05, 4.69) is 20.7 Å². The van der Waals surface area contributed by atoms with E-state index in [-0.39, 0.29) is 17.4 Å². The summed E-state index contributed by atoms with van der Waals surface area (Å²) in [6.07, 6.45) is 0. The second kappa shape index (κ2) is 8.41. The maximum Gasteiger partial charge on any atom is 0.210 e. The van der Waals surface area contributed by atoms with Gasteiger partial charge < -0.3 is 9.84 Å². The van der Waals surface area contributed by atoms with Gasteiger partial charge in [-0.25, -0.2) is 4.39 Å². The number of Topliss-reactive ketones (excluding diaryl/α,β-unsaturated/α-hetero) is 1. The lowest BCUT2D eigenvalue weighted by Crippen LogP contribution is -2.05. The van der Waals surface area contributed by atoms with E-state index in [0.29, 0.717) is 32.3 Å². The molecule has 0 spiro atoms. The number of carbonyl (C=O) groups excluding carboxylic acids is 1. The zero-order chi connectivity index (χ0) is 21.3. The van der Waals surface area contributed by atoms with Gasteiger partial charge in [0, 0.05) is 23.0 Å². The standard InChI is InChI=1S/C20H18FN5O2S2/c1-11-8-14(13(3)26(11)18-9-12(2)28-25-18)17(27)10-29-20-24-23-19(30-20)22-16-7-5-4-6-15(16)21/h4-9H,10H2,1-3H3,(H,22,23). The minimum atomic E-state index is -0.366. The molecule has 0 unspecified atom stereocenters. The van der Waals surface area contributed by atoms with Crippen molar-refractivity contribution in [2.24, 2.45) is 0 Å². The number of aromatic nitrogens is 4. The number of halogens is 1. The third-order valence-corrected chi connectivity index (χ3v) is 6.40. The molecule has 0 saturated carbocycles. The SMILES string of the molecule is Cc1cc(-n2c(C)cc(C(=O)CSc3nnc(Nc4ccccc4F)s3)c2C)no1. The fourth-order valence-corrected chi connectivity index (χ4v) is 4.71. The molecule has 1 N–H and O–H groups in total. The summed E-state index contributed by atoms with van der Waals surface area (Å²) in [7, 11) is 0. The zero-order valence-corrected chi connectivity index (χ0v) is 18.1. The lowest BCUT2D eigenvalue weighted by atomic mass is 10.2. The first-order valence-corrected chi connectivity index (χ1v) is 10.9. The maximum atomic E-state index is 13.8. The van der Waals surface area contributed by atoms with Crippen molar-refractivity contribution in [3.63, 3.8) is 0 Å². The van der Waals surface area contributed by atoms with Gasteiger partial charge >= 0.3 is 0 Å². The molecule has 0 radical (unpaired) electrons. The summed E-state index contributed by atoms with van der Waals surface area (Å²) in [4.78, 5) is 12.8.